The summed E-state index contributed by atoms with van der Waals surface area (Å²) in [7, 11) is 0. The number of esters is 1. The number of ether oxygens (including phenoxy) is 3. The Balaban J connectivity index is 1.69. The first-order valence-electron chi connectivity index (χ1n) is 11.1. The third-order valence-electron chi connectivity index (χ3n) is 5.66. The van der Waals surface area contributed by atoms with E-state index in [2.05, 4.69) is 19.1 Å². The van der Waals surface area contributed by atoms with Crippen LogP contribution in [0, 0.1) is 5.92 Å². The Morgan fingerprint density at radius 1 is 1.07 bits per heavy atom. The molecule has 2 rings (SSSR count). The minimum Gasteiger partial charge on any atom is -0.490 e. The van der Waals surface area contributed by atoms with Crippen LogP contribution in [0.3, 0.4) is 0 Å². The largest absolute Gasteiger partial charge is 0.490 e. The number of unbranched alkanes of at least 4 members (excludes halogenated alkanes) is 2. The highest BCUT2D eigenvalue weighted by Gasteiger charge is 2.22. The van der Waals surface area contributed by atoms with Gasteiger partial charge in [0.15, 0.2) is 0 Å². The van der Waals surface area contributed by atoms with E-state index in [0.717, 1.165) is 11.7 Å². The molecule has 1 unspecified atom stereocenters. The van der Waals surface area contributed by atoms with Gasteiger partial charge in [-0.2, -0.15) is 0 Å². The number of carbonyl (C=O) groups excluding carboxylic acids is 1. The smallest absolute Gasteiger partial charge is 0.332 e. The normalized spacial score (nSPS) is 20.5. The molecule has 0 N–H and O–H groups in total. The molecule has 0 radical (unpaired) electrons. The van der Waals surface area contributed by atoms with Crippen LogP contribution in [0.4, 0.5) is 0 Å². The van der Waals surface area contributed by atoms with Gasteiger partial charge in [0.2, 0.25) is 0 Å². The summed E-state index contributed by atoms with van der Waals surface area (Å²) < 4.78 is 16.1. The predicted molar refractivity (Wildman–Crippen MR) is 113 cm³/mol. The maximum absolute atomic E-state index is 11.5. The van der Waals surface area contributed by atoms with Crippen molar-refractivity contribution in [1.29, 1.82) is 0 Å². The fraction of sp³-hybridized carbons (Fsp3) is 0.708. The van der Waals surface area contributed by atoms with E-state index < -0.39 is 0 Å². The lowest BCUT2D eigenvalue weighted by Crippen LogP contribution is -2.24. The summed E-state index contributed by atoms with van der Waals surface area (Å²) >= 11 is 0. The van der Waals surface area contributed by atoms with Crippen LogP contribution in [0.25, 0.3) is 0 Å². The van der Waals surface area contributed by atoms with E-state index in [1.807, 2.05) is 26.0 Å². The van der Waals surface area contributed by atoms with E-state index in [1.165, 1.54) is 56.9 Å². The minimum absolute atomic E-state index is 0.00358. The van der Waals surface area contributed by atoms with Crippen LogP contribution in [0.5, 0.6) is 5.75 Å². The van der Waals surface area contributed by atoms with E-state index in [1.54, 1.807) is 0 Å². The molecular formula is C24H38O4. The summed E-state index contributed by atoms with van der Waals surface area (Å²) in [5.74, 6) is 2.11. The van der Waals surface area contributed by atoms with Crippen molar-refractivity contribution >= 4 is 5.97 Å². The van der Waals surface area contributed by atoms with Gasteiger partial charge in [0.25, 0.3) is 0 Å². The SMILES string of the molecule is CCCCCC1CCC(c2ccc(OCC(C)OC(=O)COCC)cc2)CC1. The third-order valence-corrected chi connectivity index (χ3v) is 5.66. The first-order valence-corrected chi connectivity index (χ1v) is 11.1. The highest BCUT2D eigenvalue weighted by molar-refractivity contribution is 5.70. The molecule has 4 heteroatoms. The molecule has 0 spiro atoms. The molecule has 1 saturated carbocycles. The van der Waals surface area contributed by atoms with Crippen LogP contribution in [0.1, 0.15) is 83.6 Å². The first kappa shape index (κ1) is 22.7. The van der Waals surface area contributed by atoms with E-state index in [4.69, 9.17) is 14.2 Å². The zero-order valence-electron chi connectivity index (χ0n) is 18.0. The number of benzene rings is 1. The lowest BCUT2D eigenvalue weighted by Gasteiger charge is -2.29. The second kappa shape index (κ2) is 12.8. The van der Waals surface area contributed by atoms with E-state index in [9.17, 15) is 4.79 Å². The van der Waals surface area contributed by atoms with E-state index in [-0.39, 0.29) is 18.7 Å². The van der Waals surface area contributed by atoms with Gasteiger partial charge in [-0.05, 0) is 69.1 Å². The molecule has 1 aromatic carbocycles. The number of rotatable bonds is 12. The first-order chi connectivity index (χ1) is 13.6. The minimum atomic E-state index is -0.349. The number of hydrogen-bond acceptors (Lipinski definition) is 4. The predicted octanol–water partition coefficient (Wildman–Crippen LogP) is 5.89. The summed E-state index contributed by atoms with van der Waals surface area (Å²) in [5.41, 5.74) is 1.43. The molecule has 1 aliphatic carbocycles. The molecular weight excluding hydrogens is 352 g/mol. The molecule has 1 aromatic rings. The molecule has 28 heavy (non-hydrogen) atoms. The van der Waals surface area contributed by atoms with Crippen LogP contribution in [-0.2, 0) is 14.3 Å². The highest BCUT2D eigenvalue weighted by Crippen LogP contribution is 2.38. The van der Waals surface area contributed by atoms with Crippen molar-refractivity contribution in [3.8, 4) is 5.75 Å². The lowest BCUT2D eigenvalue weighted by atomic mass is 9.77. The van der Waals surface area contributed by atoms with E-state index in [0.29, 0.717) is 19.1 Å². The topological polar surface area (TPSA) is 44.8 Å². The van der Waals surface area contributed by atoms with Crippen molar-refractivity contribution in [3.63, 3.8) is 0 Å². The monoisotopic (exact) mass is 390 g/mol. The van der Waals surface area contributed by atoms with Gasteiger partial charge < -0.3 is 14.2 Å². The van der Waals surface area contributed by atoms with Crippen LogP contribution >= 0.6 is 0 Å². The van der Waals surface area contributed by atoms with Gasteiger partial charge in [-0.15, -0.1) is 0 Å². The van der Waals surface area contributed by atoms with E-state index >= 15 is 0 Å². The second-order valence-electron chi connectivity index (χ2n) is 8.03. The zero-order valence-corrected chi connectivity index (χ0v) is 18.0. The van der Waals surface area contributed by atoms with Crippen LogP contribution in [-0.4, -0.2) is 31.9 Å². The zero-order chi connectivity index (χ0) is 20.2. The summed E-state index contributed by atoms with van der Waals surface area (Å²) in [6, 6.07) is 8.47. The van der Waals surface area contributed by atoms with Gasteiger partial charge in [-0.3, -0.25) is 0 Å². The number of carbonyl (C=O) groups is 1. The maximum atomic E-state index is 11.5. The van der Waals surface area contributed by atoms with Crippen molar-refractivity contribution in [2.24, 2.45) is 5.92 Å². The highest BCUT2D eigenvalue weighted by atomic mass is 16.6. The van der Waals surface area contributed by atoms with Gasteiger partial charge in [-0.1, -0.05) is 44.7 Å². The molecule has 0 aliphatic heterocycles. The Labute approximate surface area is 170 Å². The van der Waals surface area contributed by atoms with Crippen LogP contribution in [0.2, 0.25) is 0 Å². The summed E-state index contributed by atoms with van der Waals surface area (Å²) in [4.78, 5) is 11.5. The van der Waals surface area contributed by atoms with Crippen LogP contribution < -0.4 is 4.74 Å². The second-order valence-corrected chi connectivity index (χ2v) is 8.03. The molecule has 158 valence electrons. The van der Waals surface area contributed by atoms with Crippen molar-refractivity contribution in [3.05, 3.63) is 29.8 Å². The third kappa shape index (κ3) is 8.22. The van der Waals surface area contributed by atoms with Gasteiger partial charge in [0, 0.05) is 6.61 Å². The maximum Gasteiger partial charge on any atom is 0.332 e. The molecule has 1 aliphatic rings. The Kier molecular flexibility index (Phi) is 10.4. The summed E-state index contributed by atoms with van der Waals surface area (Å²) in [6.45, 7) is 6.81. The van der Waals surface area contributed by atoms with Crippen molar-refractivity contribution in [1.82, 2.24) is 0 Å². The van der Waals surface area contributed by atoms with Gasteiger partial charge in [-0.25, -0.2) is 4.79 Å². The average Bonchev–Trinajstić information content (AvgIpc) is 2.72. The quantitative estimate of drug-likeness (QED) is 0.330. The van der Waals surface area contributed by atoms with Crippen molar-refractivity contribution in [2.75, 3.05) is 19.8 Å². The van der Waals surface area contributed by atoms with Crippen LogP contribution in [0.15, 0.2) is 24.3 Å². The summed E-state index contributed by atoms with van der Waals surface area (Å²) in [6.07, 6.45) is 10.6. The molecule has 1 fully saturated rings. The van der Waals surface area contributed by atoms with Gasteiger partial charge >= 0.3 is 5.97 Å². The van der Waals surface area contributed by atoms with Crippen molar-refractivity contribution < 1.29 is 19.0 Å². The Morgan fingerprint density at radius 3 is 2.43 bits per heavy atom. The number of hydrogen-bond donors (Lipinski definition) is 0. The van der Waals surface area contributed by atoms with Gasteiger partial charge in [0.05, 0.1) is 0 Å². The lowest BCUT2D eigenvalue weighted by molar-refractivity contribution is -0.154. The molecule has 0 aromatic heterocycles. The Hall–Kier alpha value is -1.55. The average molecular weight is 391 g/mol. The molecule has 0 saturated heterocycles. The van der Waals surface area contributed by atoms with Crippen molar-refractivity contribution in [2.45, 2.75) is 84.2 Å². The molecule has 0 amide bonds. The fourth-order valence-electron chi connectivity index (χ4n) is 4.00. The molecule has 0 bridgehead atoms. The van der Waals surface area contributed by atoms with Gasteiger partial charge in [0.1, 0.15) is 25.1 Å². The fourth-order valence-corrected chi connectivity index (χ4v) is 4.00. The Morgan fingerprint density at radius 2 is 1.79 bits per heavy atom. The molecule has 0 heterocycles. The summed E-state index contributed by atoms with van der Waals surface area (Å²) in [5, 5.41) is 0. The molecule has 4 nitrogen and oxygen atoms in total. The standard InChI is InChI=1S/C24H38O4/c1-4-6-7-8-20-9-11-21(12-10-20)22-13-15-23(16-14-22)27-17-19(3)28-24(25)18-26-5-2/h13-16,19-21H,4-12,17-18H2,1-3H3. The Bertz CT molecular complexity index is 546. The molecule has 1 atom stereocenters.